The van der Waals surface area contributed by atoms with Crippen molar-refractivity contribution in [1.29, 1.82) is 0 Å². The number of hydrogen-bond donors (Lipinski definition) is 0. The smallest absolute Gasteiger partial charge is 0.154 e. The lowest BCUT2D eigenvalue weighted by atomic mass is 10.0. The van der Waals surface area contributed by atoms with Crippen LogP contribution in [0.5, 0.6) is 0 Å². The normalized spacial score (nSPS) is 10.5. The summed E-state index contributed by atoms with van der Waals surface area (Å²) in [6.07, 6.45) is 0.533. The quantitative estimate of drug-likeness (QED) is 0.728. The standard InChI is InChI=1S/C10H10BrFO/c1-6(2)7-3-4-9(12)8(5-13)10(7)11/h3-6H,1-2H3. The van der Waals surface area contributed by atoms with Gasteiger partial charge in [0.1, 0.15) is 5.82 Å². The molecule has 0 fully saturated rings. The third kappa shape index (κ3) is 1.97. The highest BCUT2D eigenvalue weighted by Gasteiger charge is 2.12. The molecule has 0 amide bonds. The van der Waals surface area contributed by atoms with Crippen LogP contribution in [0.2, 0.25) is 0 Å². The van der Waals surface area contributed by atoms with Crippen molar-refractivity contribution in [2.24, 2.45) is 0 Å². The van der Waals surface area contributed by atoms with E-state index in [2.05, 4.69) is 15.9 Å². The molecule has 70 valence electrons. The molecule has 0 bridgehead atoms. The molecule has 0 radical (unpaired) electrons. The molecule has 0 saturated carbocycles. The summed E-state index contributed by atoms with van der Waals surface area (Å²) in [6, 6.07) is 3.01. The molecule has 3 heteroatoms. The Bertz CT molecular complexity index is 334. The summed E-state index contributed by atoms with van der Waals surface area (Å²) in [5.41, 5.74) is 1.05. The molecule has 0 unspecified atom stereocenters. The minimum absolute atomic E-state index is 0.103. The number of carbonyl (C=O) groups is 1. The fourth-order valence-electron chi connectivity index (χ4n) is 1.14. The summed E-state index contributed by atoms with van der Waals surface area (Å²) in [7, 11) is 0. The largest absolute Gasteiger partial charge is 0.298 e. The van der Waals surface area contributed by atoms with E-state index in [1.165, 1.54) is 6.07 Å². The molecule has 0 aromatic heterocycles. The first-order valence-corrected chi connectivity index (χ1v) is 4.80. The van der Waals surface area contributed by atoms with Gasteiger partial charge in [0, 0.05) is 4.47 Å². The van der Waals surface area contributed by atoms with Gasteiger partial charge in [0.25, 0.3) is 0 Å². The summed E-state index contributed by atoms with van der Waals surface area (Å²) < 4.78 is 13.6. The predicted molar refractivity (Wildman–Crippen MR) is 53.6 cm³/mol. The summed E-state index contributed by atoms with van der Waals surface area (Å²) in [4.78, 5) is 10.6. The maximum absolute atomic E-state index is 13.0. The Morgan fingerprint density at radius 3 is 2.54 bits per heavy atom. The highest BCUT2D eigenvalue weighted by atomic mass is 79.9. The van der Waals surface area contributed by atoms with Crippen molar-refractivity contribution in [1.82, 2.24) is 0 Å². The third-order valence-electron chi connectivity index (χ3n) is 1.90. The Morgan fingerprint density at radius 1 is 1.46 bits per heavy atom. The molecule has 0 saturated heterocycles. The van der Waals surface area contributed by atoms with E-state index < -0.39 is 5.82 Å². The van der Waals surface area contributed by atoms with Crippen molar-refractivity contribution >= 4 is 22.2 Å². The van der Waals surface area contributed by atoms with E-state index in [-0.39, 0.29) is 11.5 Å². The van der Waals surface area contributed by atoms with Gasteiger partial charge in [-0.2, -0.15) is 0 Å². The molecule has 0 spiro atoms. The van der Waals surface area contributed by atoms with Crippen molar-refractivity contribution in [3.8, 4) is 0 Å². The van der Waals surface area contributed by atoms with Crippen LogP contribution in [0.15, 0.2) is 16.6 Å². The lowest BCUT2D eigenvalue weighted by Crippen LogP contribution is -1.96. The average Bonchev–Trinajstić information content (AvgIpc) is 2.04. The van der Waals surface area contributed by atoms with Crippen LogP contribution in [0.25, 0.3) is 0 Å². The minimum Gasteiger partial charge on any atom is -0.298 e. The summed E-state index contributed by atoms with van der Waals surface area (Å²) in [6.45, 7) is 3.99. The molecular weight excluding hydrogens is 235 g/mol. The maximum atomic E-state index is 13.0. The van der Waals surface area contributed by atoms with Crippen molar-refractivity contribution in [3.63, 3.8) is 0 Å². The van der Waals surface area contributed by atoms with Crippen molar-refractivity contribution in [2.45, 2.75) is 19.8 Å². The zero-order valence-corrected chi connectivity index (χ0v) is 9.06. The minimum atomic E-state index is -0.480. The zero-order chi connectivity index (χ0) is 10.0. The molecule has 13 heavy (non-hydrogen) atoms. The van der Waals surface area contributed by atoms with Crippen molar-refractivity contribution in [3.05, 3.63) is 33.5 Å². The van der Waals surface area contributed by atoms with E-state index in [0.717, 1.165) is 5.56 Å². The maximum Gasteiger partial charge on any atom is 0.154 e. The van der Waals surface area contributed by atoms with Gasteiger partial charge in [0.15, 0.2) is 6.29 Å². The van der Waals surface area contributed by atoms with E-state index in [1.54, 1.807) is 6.07 Å². The zero-order valence-electron chi connectivity index (χ0n) is 7.47. The first-order valence-electron chi connectivity index (χ1n) is 4.01. The topological polar surface area (TPSA) is 17.1 Å². The van der Waals surface area contributed by atoms with Crippen molar-refractivity contribution in [2.75, 3.05) is 0 Å². The molecule has 1 nitrogen and oxygen atoms in total. The predicted octanol–water partition coefficient (Wildman–Crippen LogP) is 3.52. The molecule has 0 N–H and O–H groups in total. The van der Waals surface area contributed by atoms with Crippen LogP contribution in [0.4, 0.5) is 4.39 Å². The lowest BCUT2D eigenvalue weighted by molar-refractivity contribution is 0.111. The van der Waals surface area contributed by atoms with Gasteiger partial charge in [-0.1, -0.05) is 19.9 Å². The Kier molecular flexibility index (Phi) is 3.20. The van der Waals surface area contributed by atoms with Crippen LogP contribution >= 0.6 is 15.9 Å². The Labute approximate surface area is 85.1 Å². The fraction of sp³-hybridized carbons (Fsp3) is 0.300. The Morgan fingerprint density at radius 2 is 2.08 bits per heavy atom. The summed E-state index contributed by atoms with van der Waals surface area (Å²) in [5.74, 6) is -0.208. The van der Waals surface area contributed by atoms with Crippen LogP contribution in [0, 0.1) is 5.82 Å². The van der Waals surface area contributed by atoms with Gasteiger partial charge in [0.2, 0.25) is 0 Å². The van der Waals surface area contributed by atoms with Crippen LogP contribution in [-0.4, -0.2) is 6.29 Å². The van der Waals surface area contributed by atoms with E-state index in [9.17, 15) is 9.18 Å². The molecule has 0 aliphatic carbocycles. The van der Waals surface area contributed by atoms with Gasteiger partial charge in [-0.15, -0.1) is 0 Å². The second-order valence-corrected chi connectivity index (χ2v) is 3.93. The van der Waals surface area contributed by atoms with E-state index >= 15 is 0 Å². The number of carbonyl (C=O) groups excluding carboxylic acids is 1. The van der Waals surface area contributed by atoms with Gasteiger partial charge < -0.3 is 0 Å². The monoisotopic (exact) mass is 244 g/mol. The van der Waals surface area contributed by atoms with Gasteiger partial charge in [-0.25, -0.2) is 4.39 Å². The molecular formula is C10H10BrFO. The lowest BCUT2D eigenvalue weighted by Gasteiger charge is -2.09. The summed E-state index contributed by atoms with van der Waals surface area (Å²) >= 11 is 3.22. The number of benzene rings is 1. The fourth-order valence-corrected chi connectivity index (χ4v) is 2.01. The highest BCUT2D eigenvalue weighted by Crippen LogP contribution is 2.28. The molecule has 1 rings (SSSR count). The van der Waals surface area contributed by atoms with E-state index in [1.807, 2.05) is 13.8 Å². The number of hydrogen-bond acceptors (Lipinski definition) is 1. The molecule has 0 atom stereocenters. The Hall–Kier alpha value is -0.700. The number of aldehydes is 1. The summed E-state index contributed by atoms with van der Waals surface area (Å²) in [5, 5.41) is 0. The molecule has 0 aliphatic heterocycles. The third-order valence-corrected chi connectivity index (χ3v) is 2.78. The SMILES string of the molecule is CC(C)c1ccc(F)c(C=O)c1Br. The van der Waals surface area contributed by atoms with E-state index in [0.29, 0.717) is 10.8 Å². The number of rotatable bonds is 2. The Balaban J connectivity index is 3.35. The van der Waals surface area contributed by atoms with Gasteiger partial charge >= 0.3 is 0 Å². The van der Waals surface area contributed by atoms with Crippen LogP contribution in [0.1, 0.15) is 35.7 Å². The first kappa shape index (κ1) is 10.4. The average molecular weight is 245 g/mol. The molecule has 1 aromatic rings. The van der Waals surface area contributed by atoms with Crippen molar-refractivity contribution < 1.29 is 9.18 Å². The van der Waals surface area contributed by atoms with Crippen LogP contribution in [0.3, 0.4) is 0 Å². The second kappa shape index (κ2) is 4.01. The second-order valence-electron chi connectivity index (χ2n) is 3.14. The number of halogens is 2. The molecule has 0 heterocycles. The van der Waals surface area contributed by atoms with E-state index in [4.69, 9.17) is 0 Å². The molecule has 1 aromatic carbocycles. The molecule has 0 aliphatic rings. The van der Waals surface area contributed by atoms with Crippen LogP contribution in [-0.2, 0) is 0 Å². The van der Waals surface area contributed by atoms with Gasteiger partial charge in [-0.3, -0.25) is 4.79 Å². The van der Waals surface area contributed by atoms with Crippen LogP contribution < -0.4 is 0 Å². The van der Waals surface area contributed by atoms with Gasteiger partial charge in [0.05, 0.1) is 5.56 Å². The highest BCUT2D eigenvalue weighted by molar-refractivity contribution is 9.10. The first-order chi connectivity index (χ1) is 6.07. The van der Waals surface area contributed by atoms with Gasteiger partial charge in [-0.05, 0) is 33.5 Å².